The zero-order chi connectivity index (χ0) is 20.3. The van der Waals surface area contributed by atoms with Gasteiger partial charge in [0.15, 0.2) is 5.65 Å². The summed E-state index contributed by atoms with van der Waals surface area (Å²) in [7, 11) is -1.11. The van der Waals surface area contributed by atoms with E-state index in [0.717, 1.165) is 52.9 Å². The fraction of sp³-hybridized carbons (Fsp3) is 0.684. The summed E-state index contributed by atoms with van der Waals surface area (Å²) in [6.45, 7) is 8.80. The Kier molecular flexibility index (Phi) is 7.63. The number of aliphatic hydroxyl groups is 1. The van der Waals surface area contributed by atoms with Gasteiger partial charge in [-0.05, 0) is 71.8 Å². The minimum absolute atomic E-state index is 0.160. The van der Waals surface area contributed by atoms with Gasteiger partial charge in [-0.15, -0.1) is 0 Å². The van der Waals surface area contributed by atoms with Crippen molar-refractivity contribution in [3.8, 4) is 5.88 Å². The van der Waals surface area contributed by atoms with Crippen LogP contribution in [0, 0.1) is 9.49 Å². The van der Waals surface area contributed by atoms with Crippen LogP contribution in [0.15, 0.2) is 6.20 Å². The van der Waals surface area contributed by atoms with Crippen molar-refractivity contribution in [2.24, 2.45) is 5.92 Å². The summed E-state index contributed by atoms with van der Waals surface area (Å²) in [6.07, 6.45) is 5.49. The molecule has 1 aliphatic rings. The van der Waals surface area contributed by atoms with Crippen LogP contribution in [0.3, 0.4) is 0 Å². The highest BCUT2D eigenvalue weighted by molar-refractivity contribution is 14.1. The Morgan fingerprint density at radius 1 is 1.25 bits per heavy atom. The predicted octanol–water partition coefficient (Wildman–Crippen LogP) is 4.93. The number of hydrogen-bond acceptors (Lipinski definition) is 5. The second-order valence-corrected chi connectivity index (χ2v) is 15.9. The van der Waals surface area contributed by atoms with Gasteiger partial charge in [-0.1, -0.05) is 19.6 Å². The van der Waals surface area contributed by atoms with Crippen LogP contribution in [0.25, 0.3) is 11.0 Å². The summed E-state index contributed by atoms with van der Waals surface area (Å²) in [6, 6.07) is 1.13. The van der Waals surface area contributed by atoms with Gasteiger partial charge in [-0.3, -0.25) is 0 Å². The van der Waals surface area contributed by atoms with Gasteiger partial charge in [0.1, 0.15) is 6.73 Å². The molecule has 0 aromatic carbocycles. The molecule has 1 saturated carbocycles. The first kappa shape index (κ1) is 22.3. The van der Waals surface area contributed by atoms with Crippen LogP contribution in [-0.2, 0) is 11.5 Å². The second kappa shape index (κ2) is 9.59. The molecule has 2 aromatic heterocycles. The fourth-order valence-corrected chi connectivity index (χ4v) is 5.06. The van der Waals surface area contributed by atoms with E-state index in [9.17, 15) is 5.11 Å². The van der Waals surface area contributed by atoms with E-state index < -0.39 is 8.07 Å². The van der Waals surface area contributed by atoms with Crippen LogP contribution in [0.2, 0.25) is 31.0 Å². The van der Waals surface area contributed by atoms with Gasteiger partial charge in [-0.2, -0.15) is 9.97 Å². The lowest BCUT2D eigenvalue weighted by Gasteiger charge is -2.25. The SMILES string of the molecule is C[Si](C)(C)CCOCn1cc(I)c2c(OCC3CCC(O)CC3)nc(Cl)nc21. The highest BCUT2D eigenvalue weighted by atomic mass is 127. The zero-order valence-electron chi connectivity index (χ0n) is 16.8. The number of aliphatic hydroxyl groups excluding tert-OH is 1. The Morgan fingerprint density at radius 2 is 1.96 bits per heavy atom. The third kappa shape index (κ3) is 6.04. The first-order valence-electron chi connectivity index (χ1n) is 9.83. The molecule has 0 unspecified atom stereocenters. The van der Waals surface area contributed by atoms with Gasteiger partial charge in [-0.25, -0.2) is 0 Å². The van der Waals surface area contributed by atoms with Gasteiger partial charge in [0.05, 0.1) is 18.1 Å². The van der Waals surface area contributed by atoms with Crippen molar-refractivity contribution in [1.82, 2.24) is 14.5 Å². The maximum atomic E-state index is 9.67. The van der Waals surface area contributed by atoms with Crippen LogP contribution >= 0.6 is 34.2 Å². The lowest BCUT2D eigenvalue weighted by Crippen LogP contribution is -2.22. The molecule has 9 heteroatoms. The van der Waals surface area contributed by atoms with E-state index >= 15 is 0 Å². The lowest BCUT2D eigenvalue weighted by molar-refractivity contribution is 0.0896. The number of nitrogens with zero attached hydrogens (tertiary/aromatic N) is 3. The first-order valence-corrected chi connectivity index (χ1v) is 15.0. The second-order valence-electron chi connectivity index (χ2n) is 8.78. The molecule has 0 amide bonds. The molecule has 1 aliphatic carbocycles. The molecule has 156 valence electrons. The fourth-order valence-electron chi connectivity index (χ4n) is 3.34. The van der Waals surface area contributed by atoms with Crippen molar-refractivity contribution in [2.45, 2.75) is 64.2 Å². The molecule has 0 saturated heterocycles. The van der Waals surface area contributed by atoms with E-state index in [1.165, 1.54) is 0 Å². The van der Waals surface area contributed by atoms with Crippen LogP contribution in [0.4, 0.5) is 0 Å². The molecule has 2 aromatic rings. The lowest BCUT2D eigenvalue weighted by atomic mass is 9.88. The van der Waals surface area contributed by atoms with Gasteiger partial charge in [0.25, 0.3) is 0 Å². The van der Waals surface area contributed by atoms with Crippen molar-refractivity contribution in [2.75, 3.05) is 13.2 Å². The summed E-state index contributed by atoms with van der Waals surface area (Å²) >= 11 is 8.46. The van der Waals surface area contributed by atoms with Crippen LogP contribution < -0.4 is 4.74 Å². The maximum absolute atomic E-state index is 9.67. The molecule has 0 bridgehead atoms. The Labute approximate surface area is 186 Å². The van der Waals surface area contributed by atoms with E-state index in [-0.39, 0.29) is 11.4 Å². The van der Waals surface area contributed by atoms with E-state index in [0.29, 0.717) is 25.1 Å². The normalized spacial score (nSPS) is 20.6. The van der Waals surface area contributed by atoms with E-state index in [4.69, 9.17) is 21.1 Å². The van der Waals surface area contributed by atoms with Crippen molar-refractivity contribution in [1.29, 1.82) is 0 Å². The quantitative estimate of drug-likeness (QED) is 0.224. The number of rotatable bonds is 8. The number of aromatic nitrogens is 3. The molecule has 0 atom stereocenters. The molecule has 0 spiro atoms. The molecule has 1 N–H and O–H groups in total. The minimum Gasteiger partial charge on any atom is -0.477 e. The highest BCUT2D eigenvalue weighted by Crippen LogP contribution is 2.32. The third-order valence-corrected chi connectivity index (χ3v) is 7.80. The Morgan fingerprint density at radius 3 is 2.64 bits per heavy atom. The number of ether oxygens (including phenoxy) is 2. The summed E-state index contributed by atoms with van der Waals surface area (Å²) in [5.41, 5.74) is 0.742. The molecule has 1 fully saturated rings. The van der Waals surface area contributed by atoms with E-state index in [1.807, 2.05) is 10.8 Å². The summed E-state index contributed by atoms with van der Waals surface area (Å²) < 4.78 is 14.9. The standard InChI is InChI=1S/C19H29ClIN3O3Si/c1-28(2,3)9-8-26-12-24-10-15(21)16-17(24)22-19(20)23-18(16)27-11-13-4-6-14(25)7-5-13/h10,13-14,25H,4-9,11-12H2,1-3H3. The van der Waals surface area contributed by atoms with E-state index in [2.05, 4.69) is 52.2 Å². The van der Waals surface area contributed by atoms with Crippen molar-refractivity contribution < 1.29 is 14.6 Å². The topological polar surface area (TPSA) is 69.4 Å². The van der Waals surface area contributed by atoms with Gasteiger partial charge >= 0.3 is 0 Å². The predicted molar refractivity (Wildman–Crippen MR) is 123 cm³/mol. The maximum Gasteiger partial charge on any atom is 0.228 e. The Bertz CT molecular complexity index is 804. The van der Waals surface area contributed by atoms with Crippen LogP contribution in [-0.4, -0.2) is 47.0 Å². The first-order chi connectivity index (χ1) is 13.2. The van der Waals surface area contributed by atoms with Crippen molar-refractivity contribution in [3.63, 3.8) is 0 Å². The highest BCUT2D eigenvalue weighted by Gasteiger charge is 2.22. The number of hydrogen-bond donors (Lipinski definition) is 1. The molecule has 2 heterocycles. The number of fused-ring (bicyclic) bond motifs is 1. The Hall–Kier alpha value is -0.423. The molecule has 0 radical (unpaired) electrons. The van der Waals surface area contributed by atoms with Gasteiger partial charge in [0.2, 0.25) is 11.2 Å². The zero-order valence-corrected chi connectivity index (χ0v) is 20.7. The number of halogens is 2. The van der Waals surface area contributed by atoms with Gasteiger partial charge < -0.3 is 19.1 Å². The third-order valence-electron chi connectivity index (χ3n) is 5.11. The average molecular weight is 538 g/mol. The summed E-state index contributed by atoms with van der Waals surface area (Å²) in [4.78, 5) is 8.75. The largest absolute Gasteiger partial charge is 0.477 e. The van der Waals surface area contributed by atoms with Crippen LogP contribution in [0.1, 0.15) is 25.7 Å². The summed E-state index contributed by atoms with van der Waals surface area (Å²) in [5, 5.41) is 10.7. The van der Waals surface area contributed by atoms with Crippen molar-refractivity contribution in [3.05, 3.63) is 15.1 Å². The average Bonchev–Trinajstić information content (AvgIpc) is 2.93. The van der Waals surface area contributed by atoms with E-state index in [1.54, 1.807) is 0 Å². The van der Waals surface area contributed by atoms with Gasteiger partial charge in [0, 0.05) is 24.4 Å². The van der Waals surface area contributed by atoms with Crippen molar-refractivity contribution >= 4 is 53.3 Å². The minimum atomic E-state index is -1.11. The molecular formula is C19H29ClIN3O3Si. The molecule has 0 aliphatic heterocycles. The molecule has 3 rings (SSSR count). The smallest absolute Gasteiger partial charge is 0.228 e. The molecular weight excluding hydrogens is 509 g/mol. The molecule has 28 heavy (non-hydrogen) atoms. The Balaban J connectivity index is 1.70. The monoisotopic (exact) mass is 537 g/mol. The summed E-state index contributed by atoms with van der Waals surface area (Å²) in [5.74, 6) is 0.975. The molecule has 6 nitrogen and oxygen atoms in total. The van der Waals surface area contributed by atoms with Crippen LogP contribution in [0.5, 0.6) is 5.88 Å².